The summed E-state index contributed by atoms with van der Waals surface area (Å²) in [6.45, 7) is 6.37. The van der Waals surface area contributed by atoms with Crippen LogP contribution in [-0.2, 0) is 6.42 Å². The number of rotatable bonds is 1. The molecule has 0 unspecified atom stereocenters. The molecule has 2 aromatic rings. The fourth-order valence-electron chi connectivity index (χ4n) is 3.04. The zero-order valence-corrected chi connectivity index (χ0v) is 14.1. The summed E-state index contributed by atoms with van der Waals surface area (Å²) in [7, 11) is 0. The number of anilines is 2. The second-order valence-electron chi connectivity index (χ2n) is 6.76. The van der Waals surface area contributed by atoms with Crippen LogP contribution in [0, 0.1) is 5.41 Å². The van der Waals surface area contributed by atoms with Gasteiger partial charge in [0.05, 0.1) is 17.9 Å². The van der Waals surface area contributed by atoms with Gasteiger partial charge in [-0.1, -0.05) is 37.3 Å². The van der Waals surface area contributed by atoms with E-state index in [2.05, 4.69) is 24.1 Å². The van der Waals surface area contributed by atoms with Gasteiger partial charge in [-0.25, -0.2) is 4.98 Å². The maximum Gasteiger partial charge on any atom is 0.263 e. The van der Waals surface area contributed by atoms with E-state index in [0.29, 0.717) is 13.2 Å². The van der Waals surface area contributed by atoms with Gasteiger partial charge < -0.3 is 15.0 Å². The van der Waals surface area contributed by atoms with Gasteiger partial charge in [0, 0.05) is 6.54 Å². The number of thiazole rings is 1. The SMILES string of the molecule is CC1(C)CNC(=O)c2sc(N3CCOc4ccccc43)nc2C1. The molecule has 0 saturated carbocycles. The van der Waals surface area contributed by atoms with Crippen LogP contribution in [0.2, 0.25) is 0 Å². The third kappa shape index (κ3) is 2.57. The summed E-state index contributed by atoms with van der Waals surface area (Å²) in [5.41, 5.74) is 1.95. The second kappa shape index (κ2) is 5.23. The smallest absolute Gasteiger partial charge is 0.263 e. The number of fused-ring (bicyclic) bond motifs is 2. The highest BCUT2D eigenvalue weighted by molar-refractivity contribution is 7.17. The van der Waals surface area contributed by atoms with Crippen molar-refractivity contribution in [2.45, 2.75) is 20.3 Å². The molecule has 0 bridgehead atoms. The number of hydrogen-bond donors (Lipinski definition) is 1. The van der Waals surface area contributed by atoms with E-state index in [1.807, 2.05) is 24.3 Å². The maximum atomic E-state index is 12.4. The van der Waals surface area contributed by atoms with Gasteiger partial charge in [0.1, 0.15) is 17.2 Å². The molecular weight excluding hydrogens is 310 g/mol. The molecule has 120 valence electrons. The highest BCUT2D eigenvalue weighted by Gasteiger charge is 2.32. The van der Waals surface area contributed by atoms with Crippen molar-refractivity contribution in [2.24, 2.45) is 5.41 Å². The van der Waals surface area contributed by atoms with Crippen LogP contribution in [-0.4, -0.2) is 30.6 Å². The van der Waals surface area contributed by atoms with Gasteiger partial charge in [-0.2, -0.15) is 0 Å². The van der Waals surface area contributed by atoms with Crippen LogP contribution in [0.4, 0.5) is 10.8 Å². The Morgan fingerprint density at radius 3 is 3.04 bits per heavy atom. The number of nitrogens with zero attached hydrogens (tertiary/aromatic N) is 2. The molecule has 1 aromatic heterocycles. The molecule has 0 radical (unpaired) electrons. The van der Waals surface area contributed by atoms with E-state index in [0.717, 1.165) is 40.1 Å². The number of hydrogen-bond acceptors (Lipinski definition) is 5. The van der Waals surface area contributed by atoms with Gasteiger partial charge >= 0.3 is 0 Å². The molecule has 6 heteroatoms. The summed E-state index contributed by atoms with van der Waals surface area (Å²) >= 11 is 1.47. The number of amides is 1. The molecule has 1 N–H and O–H groups in total. The lowest BCUT2D eigenvalue weighted by Crippen LogP contribution is -2.32. The van der Waals surface area contributed by atoms with E-state index in [9.17, 15) is 4.79 Å². The van der Waals surface area contributed by atoms with Crippen LogP contribution in [0.5, 0.6) is 5.75 Å². The lowest BCUT2D eigenvalue weighted by Gasteiger charge is -2.29. The van der Waals surface area contributed by atoms with Crippen molar-refractivity contribution >= 4 is 28.1 Å². The molecule has 0 aliphatic carbocycles. The number of para-hydroxylation sites is 2. The first-order valence-corrected chi connectivity index (χ1v) is 8.62. The third-order valence-electron chi connectivity index (χ3n) is 4.23. The van der Waals surface area contributed by atoms with Crippen molar-refractivity contribution in [2.75, 3.05) is 24.6 Å². The summed E-state index contributed by atoms with van der Waals surface area (Å²) in [6, 6.07) is 7.96. The van der Waals surface area contributed by atoms with Gasteiger partial charge in [0.15, 0.2) is 5.13 Å². The fourth-order valence-corrected chi connectivity index (χ4v) is 4.07. The molecule has 1 amide bonds. The summed E-state index contributed by atoms with van der Waals surface area (Å²) in [5.74, 6) is 0.866. The van der Waals surface area contributed by atoms with Gasteiger partial charge in [-0.3, -0.25) is 4.79 Å². The minimum atomic E-state index is -0.00382. The molecule has 0 saturated heterocycles. The molecule has 1 aromatic carbocycles. The van der Waals surface area contributed by atoms with Crippen molar-refractivity contribution < 1.29 is 9.53 Å². The minimum Gasteiger partial charge on any atom is -0.490 e. The lowest BCUT2D eigenvalue weighted by molar-refractivity contribution is 0.0948. The van der Waals surface area contributed by atoms with Gasteiger partial charge in [-0.05, 0) is 24.0 Å². The summed E-state index contributed by atoms with van der Waals surface area (Å²) < 4.78 is 5.71. The molecular formula is C17H19N3O2S. The Hall–Kier alpha value is -2.08. The Morgan fingerprint density at radius 1 is 1.35 bits per heavy atom. The normalized spacial score (nSPS) is 19.2. The van der Waals surface area contributed by atoms with Crippen molar-refractivity contribution in [3.8, 4) is 5.75 Å². The summed E-state index contributed by atoms with van der Waals surface area (Å²) in [6.07, 6.45) is 0.809. The summed E-state index contributed by atoms with van der Waals surface area (Å²) in [4.78, 5) is 20.1. The number of carbonyl (C=O) groups is 1. The van der Waals surface area contributed by atoms with E-state index < -0.39 is 0 Å². The van der Waals surface area contributed by atoms with E-state index in [-0.39, 0.29) is 11.3 Å². The van der Waals surface area contributed by atoms with Crippen LogP contribution in [0.1, 0.15) is 29.2 Å². The largest absolute Gasteiger partial charge is 0.490 e. The maximum absolute atomic E-state index is 12.4. The predicted molar refractivity (Wildman–Crippen MR) is 90.9 cm³/mol. The molecule has 4 rings (SSSR count). The first-order chi connectivity index (χ1) is 11.0. The first kappa shape index (κ1) is 14.5. The molecule has 0 fully saturated rings. The van der Waals surface area contributed by atoms with Crippen LogP contribution in [0.15, 0.2) is 24.3 Å². The van der Waals surface area contributed by atoms with E-state index >= 15 is 0 Å². The average Bonchev–Trinajstić information content (AvgIpc) is 2.90. The molecule has 0 atom stereocenters. The van der Waals surface area contributed by atoms with E-state index in [1.165, 1.54) is 11.3 Å². The lowest BCUT2D eigenvalue weighted by atomic mass is 9.88. The van der Waals surface area contributed by atoms with E-state index in [1.54, 1.807) is 0 Å². The zero-order chi connectivity index (χ0) is 16.0. The molecule has 2 aliphatic rings. The van der Waals surface area contributed by atoms with Gasteiger partial charge in [-0.15, -0.1) is 0 Å². The zero-order valence-electron chi connectivity index (χ0n) is 13.3. The molecule has 5 nitrogen and oxygen atoms in total. The molecule has 0 spiro atoms. The monoisotopic (exact) mass is 329 g/mol. The Kier molecular flexibility index (Phi) is 3.30. The number of benzene rings is 1. The molecule has 2 aliphatic heterocycles. The highest BCUT2D eigenvalue weighted by atomic mass is 32.1. The highest BCUT2D eigenvalue weighted by Crippen LogP contribution is 2.40. The van der Waals surface area contributed by atoms with Crippen LogP contribution in [0.3, 0.4) is 0 Å². The fraction of sp³-hybridized carbons (Fsp3) is 0.412. The Bertz CT molecular complexity index is 769. The Labute approximate surface area is 139 Å². The number of aromatic nitrogens is 1. The van der Waals surface area contributed by atoms with Crippen molar-refractivity contribution in [1.29, 1.82) is 0 Å². The van der Waals surface area contributed by atoms with Crippen molar-refractivity contribution in [1.82, 2.24) is 10.3 Å². The quantitative estimate of drug-likeness (QED) is 0.874. The van der Waals surface area contributed by atoms with Crippen molar-refractivity contribution in [3.05, 3.63) is 34.8 Å². The average molecular weight is 329 g/mol. The first-order valence-electron chi connectivity index (χ1n) is 7.81. The molecule has 23 heavy (non-hydrogen) atoms. The standard InChI is InChI=1S/C17H19N3O2S/c1-17(2)9-11-14(15(21)18-10-17)23-16(19-11)20-7-8-22-13-6-4-3-5-12(13)20/h3-6H,7-10H2,1-2H3,(H,18,21). The van der Waals surface area contributed by atoms with E-state index in [4.69, 9.17) is 9.72 Å². The van der Waals surface area contributed by atoms with Crippen LogP contribution >= 0.6 is 11.3 Å². The van der Waals surface area contributed by atoms with Crippen LogP contribution < -0.4 is 15.0 Å². The molecule has 3 heterocycles. The number of carbonyl (C=O) groups excluding carboxylic acids is 1. The number of ether oxygens (including phenoxy) is 1. The second-order valence-corrected chi connectivity index (χ2v) is 7.74. The number of nitrogens with one attached hydrogen (secondary N) is 1. The minimum absolute atomic E-state index is 0.00382. The van der Waals surface area contributed by atoms with Gasteiger partial charge in [0.25, 0.3) is 5.91 Å². The summed E-state index contributed by atoms with van der Waals surface area (Å²) in [5, 5.41) is 3.89. The Morgan fingerprint density at radius 2 is 2.17 bits per heavy atom. The third-order valence-corrected chi connectivity index (χ3v) is 5.34. The topological polar surface area (TPSA) is 54.5 Å². The van der Waals surface area contributed by atoms with Crippen molar-refractivity contribution in [3.63, 3.8) is 0 Å². The predicted octanol–water partition coefficient (Wildman–Crippen LogP) is 2.99. The Balaban J connectivity index is 1.75. The van der Waals surface area contributed by atoms with Crippen LogP contribution in [0.25, 0.3) is 0 Å². The van der Waals surface area contributed by atoms with Gasteiger partial charge in [0.2, 0.25) is 0 Å².